The van der Waals surface area contributed by atoms with Gasteiger partial charge in [-0.05, 0) is 45.8 Å². The lowest BCUT2D eigenvalue weighted by Gasteiger charge is -2.32. The summed E-state index contributed by atoms with van der Waals surface area (Å²) in [5, 5.41) is 6.30. The summed E-state index contributed by atoms with van der Waals surface area (Å²) in [7, 11) is 2.16. The van der Waals surface area contributed by atoms with Crippen molar-refractivity contribution in [1.29, 1.82) is 0 Å². The Labute approximate surface area is 128 Å². The minimum atomic E-state index is 0. The van der Waals surface area contributed by atoms with Gasteiger partial charge in [-0.1, -0.05) is 6.92 Å². The van der Waals surface area contributed by atoms with Gasteiger partial charge < -0.3 is 10.6 Å². The quantitative estimate of drug-likeness (QED) is 0.777. The third-order valence-electron chi connectivity index (χ3n) is 4.32. The van der Waals surface area contributed by atoms with Crippen LogP contribution in [0.5, 0.6) is 0 Å². The number of likely N-dealkylation sites (N-methyl/N-ethyl adjacent to an activating group) is 1. The van der Waals surface area contributed by atoms with E-state index in [9.17, 15) is 4.79 Å². The molecule has 0 radical (unpaired) electrons. The fourth-order valence-corrected chi connectivity index (χ4v) is 2.27. The fourth-order valence-electron chi connectivity index (χ4n) is 2.27. The van der Waals surface area contributed by atoms with Crippen LogP contribution < -0.4 is 10.6 Å². The zero-order valence-corrected chi connectivity index (χ0v) is 13.6. The predicted molar refractivity (Wildman–Crippen MR) is 83.3 cm³/mol. The molecule has 2 atom stereocenters. The number of hydrogen-bond acceptors (Lipinski definition) is 3. The van der Waals surface area contributed by atoms with E-state index in [0.717, 1.165) is 25.7 Å². The lowest BCUT2D eigenvalue weighted by atomic mass is 9.88. The average molecular weight is 312 g/mol. The molecule has 0 aromatic heterocycles. The second kappa shape index (κ2) is 8.30. The van der Waals surface area contributed by atoms with Crippen molar-refractivity contribution >= 4 is 30.7 Å². The molecule has 4 nitrogen and oxygen atoms in total. The topological polar surface area (TPSA) is 44.4 Å². The molecular formula is C13H27Cl2N3O. The molecule has 0 spiro atoms. The summed E-state index contributed by atoms with van der Waals surface area (Å²) in [5.74, 6) is 0.897. The molecular weight excluding hydrogens is 285 g/mol. The number of carbonyl (C=O) groups is 1. The third-order valence-corrected chi connectivity index (χ3v) is 4.32. The van der Waals surface area contributed by atoms with E-state index in [2.05, 4.69) is 29.5 Å². The Morgan fingerprint density at radius 2 is 1.89 bits per heavy atom. The lowest BCUT2D eigenvalue weighted by Crippen LogP contribution is -2.51. The van der Waals surface area contributed by atoms with Crippen LogP contribution in [-0.4, -0.2) is 49.6 Å². The van der Waals surface area contributed by atoms with Crippen molar-refractivity contribution in [3.8, 4) is 0 Å². The van der Waals surface area contributed by atoms with E-state index in [4.69, 9.17) is 0 Å². The Hall–Kier alpha value is -0.0300. The SMILES string of the molecule is CC(C(=O)NCC(C)N(C)C1CC1)C1CNC1.Cl.Cl. The third kappa shape index (κ3) is 5.10. The second-order valence-electron chi connectivity index (χ2n) is 5.70. The monoisotopic (exact) mass is 311 g/mol. The predicted octanol–water partition coefficient (Wildman–Crippen LogP) is 1.28. The van der Waals surface area contributed by atoms with Crippen LogP contribution in [0.2, 0.25) is 0 Å². The van der Waals surface area contributed by atoms with E-state index in [1.165, 1.54) is 12.8 Å². The minimum Gasteiger partial charge on any atom is -0.354 e. The summed E-state index contributed by atoms with van der Waals surface area (Å²) < 4.78 is 0. The summed E-state index contributed by atoms with van der Waals surface area (Å²) in [6, 6.07) is 1.20. The molecule has 1 saturated heterocycles. The van der Waals surface area contributed by atoms with Gasteiger partial charge in [-0.3, -0.25) is 9.69 Å². The van der Waals surface area contributed by atoms with Gasteiger partial charge in [-0.15, -0.1) is 24.8 Å². The number of nitrogens with zero attached hydrogens (tertiary/aromatic N) is 1. The van der Waals surface area contributed by atoms with Gasteiger partial charge in [0.15, 0.2) is 0 Å². The lowest BCUT2D eigenvalue weighted by molar-refractivity contribution is -0.126. The summed E-state index contributed by atoms with van der Waals surface area (Å²) in [6.07, 6.45) is 2.64. The maximum absolute atomic E-state index is 11.9. The van der Waals surface area contributed by atoms with Crippen LogP contribution in [0.25, 0.3) is 0 Å². The van der Waals surface area contributed by atoms with Gasteiger partial charge in [0.25, 0.3) is 0 Å². The number of hydrogen-bond donors (Lipinski definition) is 2. The van der Waals surface area contributed by atoms with Crippen molar-refractivity contribution in [2.75, 3.05) is 26.7 Å². The Kier molecular flexibility index (Phi) is 8.29. The molecule has 0 aromatic carbocycles. The molecule has 114 valence electrons. The van der Waals surface area contributed by atoms with Crippen molar-refractivity contribution in [2.24, 2.45) is 11.8 Å². The molecule has 6 heteroatoms. The van der Waals surface area contributed by atoms with Crippen molar-refractivity contribution in [2.45, 2.75) is 38.8 Å². The van der Waals surface area contributed by atoms with E-state index in [-0.39, 0.29) is 36.6 Å². The van der Waals surface area contributed by atoms with E-state index >= 15 is 0 Å². The summed E-state index contributed by atoms with van der Waals surface area (Å²) in [6.45, 7) is 6.98. The molecule has 1 heterocycles. The Bertz CT molecular complexity index is 283. The summed E-state index contributed by atoms with van der Waals surface area (Å²) >= 11 is 0. The van der Waals surface area contributed by atoms with Gasteiger partial charge in [-0.2, -0.15) is 0 Å². The number of nitrogens with one attached hydrogen (secondary N) is 2. The molecule has 0 bridgehead atoms. The zero-order chi connectivity index (χ0) is 12.4. The standard InChI is InChI=1S/C13H25N3O.2ClH/c1-9(16(3)12-4-5-12)6-15-13(17)10(2)11-7-14-8-11;;/h9-12,14H,4-8H2,1-3H3,(H,15,17);2*1H. The van der Waals surface area contributed by atoms with Crippen LogP contribution in [-0.2, 0) is 4.79 Å². The van der Waals surface area contributed by atoms with Crippen LogP contribution in [0.15, 0.2) is 0 Å². The van der Waals surface area contributed by atoms with Crippen LogP contribution in [0.1, 0.15) is 26.7 Å². The van der Waals surface area contributed by atoms with Gasteiger partial charge in [0, 0.05) is 24.5 Å². The van der Waals surface area contributed by atoms with E-state index in [0.29, 0.717) is 12.0 Å². The largest absolute Gasteiger partial charge is 0.354 e. The van der Waals surface area contributed by atoms with Gasteiger partial charge in [0.2, 0.25) is 5.91 Å². The molecule has 1 saturated carbocycles. The highest BCUT2D eigenvalue weighted by Gasteiger charge is 2.31. The molecule has 0 aromatic rings. The molecule has 2 rings (SSSR count). The van der Waals surface area contributed by atoms with Gasteiger partial charge in [0.1, 0.15) is 0 Å². The Morgan fingerprint density at radius 3 is 2.32 bits per heavy atom. The van der Waals surface area contributed by atoms with Gasteiger partial charge in [0.05, 0.1) is 0 Å². The first-order valence-corrected chi connectivity index (χ1v) is 6.80. The average Bonchev–Trinajstić information content (AvgIpc) is 3.05. The first-order valence-electron chi connectivity index (χ1n) is 6.80. The van der Waals surface area contributed by atoms with Gasteiger partial charge >= 0.3 is 0 Å². The van der Waals surface area contributed by atoms with Crippen LogP contribution in [0, 0.1) is 11.8 Å². The van der Waals surface area contributed by atoms with Crippen molar-refractivity contribution < 1.29 is 4.79 Å². The molecule has 2 unspecified atom stereocenters. The van der Waals surface area contributed by atoms with E-state index < -0.39 is 0 Å². The smallest absolute Gasteiger partial charge is 0.223 e. The van der Waals surface area contributed by atoms with E-state index in [1.807, 2.05) is 6.92 Å². The first-order chi connectivity index (χ1) is 8.09. The Morgan fingerprint density at radius 1 is 1.32 bits per heavy atom. The van der Waals surface area contributed by atoms with Gasteiger partial charge in [-0.25, -0.2) is 0 Å². The minimum absolute atomic E-state index is 0. The van der Waals surface area contributed by atoms with Crippen molar-refractivity contribution in [3.05, 3.63) is 0 Å². The molecule has 1 aliphatic heterocycles. The highest BCUT2D eigenvalue weighted by molar-refractivity contribution is 5.85. The fraction of sp³-hybridized carbons (Fsp3) is 0.923. The second-order valence-corrected chi connectivity index (χ2v) is 5.70. The zero-order valence-electron chi connectivity index (χ0n) is 12.0. The van der Waals surface area contributed by atoms with E-state index in [1.54, 1.807) is 0 Å². The molecule has 2 fully saturated rings. The molecule has 1 amide bonds. The first kappa shape index (κ1) is 19.0. The Balaban J connectivity index is 0.00000162. The number of amides is 1. The highest BCUT2D eigenvalue weighted by atomic mass is 35.5. The molecule has 2 aliphatic rings. The maximum atomic E-state index is 11.9. The maximum Gasteiger partial charge on any atom is 0.223 e. The molecule has 2 N–H and O–H groups in total. The van der Waals surface area contributed by atoms with Crippen LogP contribution >= 0.6 is 24.8 Å². The summed E-state index contributed by atoms with van der Waals surface area (Å²) in [4.78, 5) is 14.3. The number of rotatable bonds is 6. The van der Waals surface area contributed by atoms with Crippen molar-refractivity contribution in [3.63, 3.8) is 0 Å². The van der Waals surface area contributed by atoms with Crippen LogP contribution in [0.3, 0.4) is 0 Å². The highest BCUT2D eigenvalue weighted by Crippen LogP contribution is 2.26. The molecule has 19 heavy (non-hydrogen) atoms. The van der Waals surface area contributed by atoms with Crippen molar-refractivity contribution in [1.82, 2.24) is 15.5 Å². The molecule has 1 aliphatic carbocycles. The number of carbonyl (C=O) groups excluding carboxylic acids is 1. The summed E-state index contributed by atoms with van der Waals surface area (Å²) in [5.41, 5.74) is 0. The normalized spacial score (nSPS) is 21.7. The van der Waals surface area contributed by atoms with Crippen LogP contribution in [0.4, 0.5) is 0 Å². The number of halogens is 2.